The molecule has 2 rings (SSSR count). The smallest absolute Gasteiger partial charge is 0.261 e. The highest BCUT2D eigenvalue weighted by atomic mass is 32.2. The molecule has 1 saturated heterocycles. The molecule has 1 amide bonds. The van der Waals surface area contributed by atoms with Crippen molar-refractivity contribution in [2.45, 2.75) is 31.6 Å². The van der Waals surface area contributed by atoms with Crippen LogP contribution in [-0.4, -0.2) is 33.2 Å². The molecular weight excluding hydrogens is 310 g/mol. The zero-order valence-corrected chi connectivity index (χ0v) is 13.9. The van der Waals surface area contributed by atoms with Gasteiger partial charge in [-0.1, -0.05) is 20.3 Å². The standard InChI is InChI=1S/C13H21N3O3S2/c1-3-8-5-6-16(7-8)13-11(21(18,19)4-2)9(14)10(20-13)12(15)17/h8H,3-7,14H2,1-2H3,(H2,15,17). The molecule has 4 N–H and O–H groups in total. The zero-order valence-electron chi connectivity index (χ0n) is 12.3. The Morgan fingerprint density at radius 2 is 2.10 bits per heavy atom. The molecule has 0 aliphatic carbocycles. The topological polar surface area (TPSA) is 106 Å². The van der Waals surface area contributed by atoms with Crippen LogP contribution in [0.4, 0.5) is 10.7 Å². The van der Waals surface area contributed by atoms with Gasteiger partial charge in [0.1, 0.15) is 14.8 Å². The maximum Gasteiger partial charge on any atom is 0.261 e. The first kappa shape index (κ1) is 16.1. The Hall–Kier alpha value is -1.28. The van der Waals surface area contributed by atoms with E-state index in [-0.39, 0.29) is 21.2 Å². The molecule has 118 valence electrons. The minimum Gasteiger partial charge on any atom is -0.396 e. The van der Waals surface area contributed by atoms with E-state index in [2.05, 4.69) is 6.92 Å². The van der Waals surface area contributed by atoms with Gasteiger partial charge in [0.05, 0.1) is 11.4 Å². The summed E-state index contributed by atoms with van der Waals surface area (Å²) in [6, 6.07) is 0. The lowest BCUT2D eigenvalue weighted by atomic mass is 10.1. The Kier molecular flexibility index (Phi) is 4.48. The van der Waals surface area contributed by atoms with Crippen LogP contribution in [0.1, 0.15) is 36.4 Å². The molecule has 0 aromatic carbocycles. The molecule has 0 radical (unpaired) electrons. The van der Waals surface area contributed by atoms with E-state index in [1.165, 1.54) is 0 Å². The molecule has 1 unspecified atom stereocenters. The summed E-state index contributed by atoms with van der Waals surface area (Å²) in [4.78, 5) is 13.7. The molecule has 1 aliphatic rings. The van der Waals surface area contributed by atoms with Gasteiger partial charge in [-0.3, -0.25) is 4.79 Å². The highest BCUT2D eigenvalue weighted by molar-refractivity contribution is 7.92. The van der Waals surface area contributed by atoms with Crippen LogP contribution >= 0.6 is 11.3 Å². The van der Waals surface area contributed by atoms with Crippen LogP contribution in [0, 0.1) is 5.92 Å². The molecule has 1 fully saturated rings. The number of rotatable bonds is 5. The van der Waals surface area contributed by atoms with E-state index in [0.29, 0.717) is 10.9 Å². The number of hydrogen-bond donors (Lipinski definition) is 2. The van der Waals surface area contributed by atoms with Gasteiger partial charge in [0.15, 0.2) is 9.84 Å². The van der Waals surface area contributed by atoms with E-state index in [1.54, 1.807) is 6.92 Å². The number of amides is 1. The predicted molar refractivity (Wildman–Crippen MR) is 85.6 cm³/mol. The molecule has 0 spiro atoms. The van der Waals surface area contributed by atoms with E-state index in [9.17, 15) is 13.2 Å². The largest absolute Gasteiger partial charge is 0.396 e. The van der Waals surface area contributed by atoms with Crippen molar-refractivity contribution in [2.24, 2.45) is 11.7 Å². The Bertz CT molecular complexity index is 652. The highest BCUT2D eigenvalue weighted by Gasteiger charge is 2.33. The van der Waals surface area contributed by atoms with Crippen LogP contribution < -0.4 is 16.4 Å². The van der Waals surface area contributed by atoms with Crippen LogP contribution in [0.15, 0.2) is 4.90 Å². The number of primary amides is 1. The molecule has 2 heterocycles. The summed E-state index contributed by atoms with van der Waals surface area (Å²) >= 11 is 1.09. The normalized spacial score (nSPS) is 19.1. The van der Waals surface area contributed by atoms with Gasteiger partial charge >= 0.3 is 0 Å². The van der Waals surface area contributed by atoms with Crippen molar-refractivity contribution in [3.05, 3.63) is 4.88 Å². The van der Waals surface area contributed by atoms with Gasteiger partial charge < -0.3 is 16.4 Å². The Morgan fingerprint density at radius 3 is 2.57 bits per heavy atom. The Labute approximate surface area is 129 Å². The number of hydrogen-bond acceptors (Lipinski definition) is 6. The van der Waals surface area contributed by atoms with Gasteiger partial charge in [-0.25, -0.2) is 8.42 Å². The number of nitrogens with two attached hydrogens (primary N) is 2. The number of anilines is 2. The van der Waals surface area contributed by atoms with Crippen LogP contribution in [0.25, 0.3) is 0 Å². The van der Waals surface area contributed by atoms with E-state index >= 15 is 0 Å². The summed E-state index contributed by atoms with van der Waals surface area (Å²) in [6.07, 6.45) is 2.07. The van der Waals surface area contributed by atoms with E-state index in [0.717, 1.165) is 37.3 Å². The third-order valence-corrected chi connectivity index (χ3v) is 7.15. The average molecular weight is 331 g/mol. The van der Waals surface area contributed by atoms with E-state index in [4.69, 9.17) is 11.5 Å². The minimum absolute atomic E-state index is 0.00398. The third-order valence-electron chi connectivity index (χ3n) is 3.95. The van der Waals surface area contributed by atoms with Crippen LogP contribution in [0.5, 0.6) is 0 Å². The lowest BCUT2D eigenvalue weighted by Gasteiger charge is -2.18. The molecule has 1 aromatic rings. The Balaban J connectivity index is 2.55. The van der Waals surface area contributed by atoms with Gasteiger partial charge in [0.2, 0.25) is 0 Å². The average Bonchev–Trinajstić information content (AvgIpc) is 3.02. The fourth-order valence-corrected chi connectivity index (χ4v) is 5.30. The second-order valence-electron chi connectivity index (χ2n) is 5.26. The maximum atomic E-state index is 12.3. The quantitative estimate of drug-likeness (QED) is 0.849. The van der Waals surface area contributed by atoms with Crippen LogP contribution in [0.3, 0.4) is 0 Å². The SMILES string of the molecule is CCC1CCN(c2sc(C(N)=O)c(N)c2S(=O)(=O)CC)C1. The molecule has 0 saturated carbocycles. The van der Waals surface area contributed by atoms with Gasteiger partial charge in [-0.2, -0.15) is 0 Å². The van der Waals surface area contributed by atoms with Gasteiger partial charge in [0, 0.05) is 13.1 Å². The van der Waals surface area contributed by atoms with Crippen molar-refractivity contribution in [2.75, 3.05) is 29.5 Å². The van der Waals surface area contributed by atoms with Crippen LogP contribution in [0.2, 0.25) is 0 Å². The lowest BCUT2D eigenvalue weighted by Crippen LogP contribution is -2.21. The number of thiophene rings is 1. The summed E-state index contributed by atoms with van der Waals surface area (Å²) in [5.41, 5.74) is 11.2. The first-order valence-corrected chi connectivity index (χ1v) is 9.48. The second kappa shape index (κ2) is 5.84. The Morgan fingerprint density at radius 1 is 1.43 bits per heavy atom. The molecule has 6 nitrogen and oxygen atoms in total. The fraction of sp³-hybridized carbons (Fsp3) is 0.615. The number of nitrogens with zero attached hydrogens (tertiary/aromatic N) is 1. The van der Waals surface area contributed by atoms with Crippen molar-refractivity contribution in [1.29, 1.82) is 0 Å². The van der Waals surface area contributed by atoms with Crippen molar-refractivity contribution >= 4 is 37.8 Å². The summed E-state index contributed by atoms with van der Waals surface area (Å²) in [6.45, 7) is 5.26. The molecular formula is C13H21N3O3S2. The van der Waals surface area contributed by atoms with Crippen molar-refractivity contribution in [1.82, 2.24) is 0 Å². The molecule has 21 heavy (non-hydrogen) atoms. The summed E-state index contributed by atoms with van der Waals surface area (Å²) < 4.78 is 24.7. The number of sulfone groups is 1. The van der Waals surface area contributed by atoms with Crippen LogP contribution in [-0.2, 0) is 9.84 Å². The molecule has 1 aliphatic heterocycles. The van der Waals surface area contributed by atoms with Crippen molar-refractivity contribution in [3.8, 4) is 0 Å². The molecule has 1 atom stereocenters. The number of carbonyl (C=O) groups is 1. The van der Waals surface area contributed by atoms with Gasteiger partial charge in [-0.15, -0.1) is 11.3 Å². The first-order chi connectivity index (χ1) is 9.81. The highest BCUT2D eigenvalue weighted by Crippen LogP contribution is 2.43. The van der Waals surface area contributed by atoms with E-state index < -0.39 is 15.7 Å². The molecule has 1 aromatic heterocycles. The predicted octanol–water partition coefficient (Wildman–Crippen LogP) is 1.46. The zero-order chi connectivity index (χ0) is 15.8. The van der Waals surface area contributed by atoms with Gasteiger partial charge in [0.25, 0.3) is 5.91 Å². The first-order valence-electron chi connectivity index (χ1n) is 7.01. The second-order valence-corrected chi connectivity index (χ2v) is 8.47. The molecule has 0 bridgehead atoms. The minimum atomic E-state index is -3.50. The van der Waals surface area contributed by atoms with Gasteiger partial charge in [-0.05, 0) is 12.3 Å². The summed E-state index contributed by atoms with van der Waals surface area (Å²) in [7, 11) is -3.50. The summed E-state index contributed by atoms with van der Waals surface area (Å²) in [5.74, 6) is -0.186. The van der Waals surface area contributed by atoms with Crippen molar-refractivity contribution < 1.29 is 13.2 Å². The fourth-order valence-electron chi connectivity index (χ4n) is 2.60. The third kappa shape index (κ3) is 2.87. The van der Waals surface area contributed by atoms with E-state index in [1.807, 2.05) is 4.90 Å². The maximum absolute atomic E-state index is 12.3. The number of carbonyl (C=O) groups excluding carboxylic acids is 1. The molecule has 8 heteroatoms. The lowest BCUT2D eigenvalue weighted by molar-refractivity contribution is 0.100. The monoisotopic (exact) mass is 331 g/mol. The van der Waals surface area contributed by atoms with Crippen molar-refractivity contribution in [3.63, 3.8) is 0 Å². The number of nitrogen functional groups attached to an aromatic ring is 1. The summed E-state index contributed by atoms with van der Waals surface area (Å²) in [5, 5.41) is 0.569.